The Morgan fingerprint density at radius 2 is 1.61 bits per heavy atom. The Hall–Kier alpha value is -2.98. The summed E-state index contributed by atoms with van der Waals surface area (Å²) in [6.45, 7) is 0.556. The SMILES string of the molecule is COc1ccc(OCCCC(C#N)c2ccc(C#N)cc2)cc1. The van der Waals surface area contributed by atoms with Crippen molar-refractivity contribution >= 4 is 0 Å². The molecule has 1 unspecified atom stereocenters. The standard InChI is InChI=1S/C19H18N2O2/c1-22-18-8-10-19(11-9-18)23-12-2-3-17(14-21)16-6-4-15(13-20)5-7-16/h4-11,17H,2-3,12H2,1H3. The highest BCUT2D eigenvalue weighted by molar-refractivity contribution is 5.35. The molecule has 1 atom stereocenters. The van der Waals surface area contributed by atoms with Crippen molar-refractivity contribution in [1.29, 1.82) is 10.5 Å². The van der Waals surface area contributed by atoms with Crippen LogP contribution in [0.1, 0.15) is 29.9 Å². The summed E-state index contributed by atoms with van der Waals surface area (Å²) in [5.41, 5.74) is 1.55. The fourth-order valence-corrected chi connectivity index (χ4v) is 2.25. The number of nitrogens with zero attached hydrogens (tertiary/aromatic N) is 2. The van der Waals surface area contributed by atoms with Crippen LogP contribution >= 0.6 is 0 Å². The van der Waals surface area contributed by atoms with Gasteiger partial charge in [-0.05, 0) is 54.8 Å². The number of rotatable bonds is 7. The molecular formula is C19H18N2O2. The fourth-order valence-electron chi connectivity index (χ4n) is 2.25. The maximum Gasteiger partial charge on any atom is 0.119 e. The number of ether oxygens (including phenoxy) is 2. The molecule has 4 heteroatoms. The summed E-state index contributed by atoms with van der Waals surface area (Å²) in [5, 5.41) is 18.1. The van der Waals surface area contributed by atoms with E-state index in [1.807, 2.05) is 36.4 Å². The molecule has 0 saturated carbocycles. The van der Waals surface area contributed by atoms with E-state index in [1.54, 1.807) is 19.2 Å². The molecule has 0 saturated heterocycles. The summed E-state index contributed by atoms with van der Waals surface area (Å²) in [6.07, 6.45) is 1.50. The molecule has 0 aliphatic carbocycles. The molecule has 0 amide bonds. The van der Waals surface area contributed by atoms with Gasteiger partial charge >= 0.3 is 0 Å². The van der Waals surface area contributed by atoms with Crippen LogP contribution in [0, 0.1) is 22.7 Å². The van der Waals surface area contributed by atoms with Crippen molar-refractivity contribution in [1.82, 2.24) is 0 Å². The first kappa shape index (κ1) is 16.4. The Balaban J connectivity index is 1.81. The van der Waals surface area contributed by atoms with E-state index < -0.39 is 0 Å². The maximum atomic E-state index is 9.31. The van der Waals surface area contributed by atoms with Gasteiger partial charge in [0.05, 0.1) is 37.3 Å². The summed E-state index contributed by atoms with van der Waals surface area (Å²) >= 11 is 0. The van der Waals surface area contributed by atoms with Crippen LogP contribution in [-0.4, -0.2) is 13.7 Å². The van der Waals surface area contributed by atoms with Gasteiger partial charge in [-0.1, -0.05) is 12.1 Å². The van der Waals surface area contributed by atoms with Gasteiger partial charge in [0.1, 0.15) is 11.5 Å². The molecular weight excluding hydrogens is 288 g/mol. The number of nitriles is 2. The van der Waals surface area contributed by atoms with Gasteiger partial charge in [0, 0.05) is 0 Å². The van der Waals surface area contributed by atoms with E-state index in [2.05, 4.69) is 12.1 Å². The molecule has 0 aliphatic rings. The molecule has 0 N–H and O–H groups in total. The molecule has 0 spiro atoms. The van der Waals surface area contributed by atoms with Crippen LogP contribution in [0.5, 0.6) is 11.5 Å². The fraction of sp³-hybridized carbons (Fsp3) is 0.263. The van der Waals surface area contributed by atoms with E-state index in [-0.39, 0.29) is 5.92 Å². The second-order valence-corrected chi connectivity index (χ2v) is 5.08. The normalized spacial score (nSPS) is 11.1. The Labute approximate surface area is 136 Å². The maximum absolute atomic E-state index is 9.31. The second kappa shape index (κ2) is 8.46. The van der Waals surface area contributed by atoms with E-state index in [0.29, 0.717) is 12.2 Å². The zero-order valence-corrected chi connectivity index (χ0v) is 13.0. The van der Waals surface area contributed by atoms with Gasteiger partial charge in [-0.15, -0.1) is 0 Å². The third-order valence-electron chi connectivity index (χ3n) is 3.56. The monoisotopic (exact) mass is 306 g/mol. The van der Waals surface area contributed by atoms with Gasteiger partial charge in [0.25, 0.3) is 0 Å². The van der Waals surface area contributed by atoms with Crippen LogP contribution in [0.4, 0.5) is 0 Å². The largest absolute Gasteiger partial charge is 0.497 e. The van der Waals surface area contributed by atoms with Crippen molar-refractivity contribution in [3.05, 3.63) is 59.7 Å². The molecule has 4 nitrogen and oxygen atoms in total. The lowest BCUT2D eigenvalue weighted by Gasteiger charge is -2.11. The first-order valence-electron chi connectivity index (χ1n) is 7.43. The minimum absolute atomic E-state index is 0.179. The third kappa shape index (κ3) is 4.76. The summed E-state index contributed by atoms with van der Waals surface area (Å²) in [6, 6.07) is 19.0. The molecule has 0 fully saturated rings. The average Bonchev–Trinajstić information content (AvgIpc) is 2.62. The lowest BCUT2D eigenvalue weighted by atomic mass is 9.95. The summed E-state index contributed by atoms with van der Waals surface area (Å²) in [5.74, 6) is 1.41. The molecule has 116 valence electrons. The molecule has 0 aliphatic heterocycles. The van der Waals surface area contributed by atoms with Crippen molar-refractivity contribution in [3.63, 3.8) is 0 Å². The quantitative estimate of drug-likeness (QED) is 0.724. The third-order valence-corrected chi connectivity index (χ3v) is 3.56. The number of hydrogen-bond donors (Lipinski definition) is 0. The Morgan fingerprint density at radius 1 is 0.957 bits per heavy atom. The summed E-state index contributed by atoms with van der Waals surface area (Å²) in [4.78, 5) is 0. The van der Waals surface area contributed by atoms with Gasteiger partial charge < -0.3 is 9.47 Å². The lowest BCUT2D eigenvalue weighted by molar-refractivity contribution is 0.304. The summed E-state index contributed by atoms with van der Waals surface area (Å²) in [7, 11) is 1.63. The highest BCUT2D eigenvalue weighted by atomic mass is 16.5. The predicted molar refractivity (Wildman–Crippen MR) is 87.2 cm³/mol. The lowest BCUT2D eigenvalue weighted by Crippen LogP contribution is -2.02. The molecule has 0 aromatic heterocycles. The molecule has 2 rings (SSSR count). The van der Waals surface area contributed by atoms with E-state index >= 15 is 0 Å². The zero-order valence-electron chi connectivity index (χ0n) is 13.0. The molecule has 0 bridgehead atoms. The van der Waals surface area contributed by atoms with Gasteiger partial charge in [0.15, 0.2) is 0 Å². The van der Waals surface area contributed by atoms with Crippen molar-refractivity contribution in [2.75, 3.05) is 13.7 Å². The first-order chi connectivity index (χ1) is 11.3. The smallest absolute Gasteiger partial charge is 0.119 e. The number of benzene rings is 2. The van der Waals surface area contributed by atoms with E-state index in [9.17, 15) is 5.26 Å². The first-order valence-corrected chi connectivity index (χ1v) is 7.43. The van der Waals surface area contributed by atoms with E-state index in [0.717, 1.165) is 29.9 Å². The predicted octanol–water partition coefficient (Wildman–Crippen LogP) is 4.03. The minimum atomic E-state index is -0.179. The van der Waals surface area contributed by atoms with E-state index in [1.165, 1.54) is 0 Å². The van der Waals surface area contributed by atoms with Crippen LogP contribution in [0.2, 0.25) is 0 Å². The number of hydrogen-bond acceptors (Lipinski definition) is 4. The van der Waals surface area contributed by atoms with Gasteiger partial charge in [0.2, 0.25) is 0 Å². The van der Waals surface area contributed by atoms with Gasteiger partial charge in [-0.25, -0.2) is 0 Å². The molecule has 2 aromatic carbocycles. The van der Waals surface area contributed by atoms with Crippen LogP contribution in [0.25, 0.3) is 0 Å². The van der Waals surface area contributed by atoms with Crippen molar-refractivity contribution in [3.8, 4) is 23.6 Å². The topological polar surface area (TPSA) is 66.0 Å². The summed E-state index contributed by atoms with van der Waals surface area (Å²) < 4.78 is 10.8. The molecule has 23 heavy (non-hydrogen) atoms. The highest BCUT2D eigenvalue weighted by Crippen LogP contribution is 2.22. The van der Waals surface area contributed by atoms with Crippen molar-refractivity contribution in [2.45, 2.75) is 18.8 Å². The van der Waals surface area contributed by atoms with E-state index in [4.69, 9.17) is 14.7 Å². The Morgan fingerprint density at radius 3 is 2.17 bits per heavy atom. The molecule has 2 aromatic rings. The minimum Gasteiger partial charge on any atom is -0.497 e. The van der Waals surface area contributed by atoms with Crippen LogP contribution in [0.15, 0.2) is 48.5 Å². The van der Waals surface area contributed by atoms with Crippen LogP contribution in [0.3, 0.4) is 0 Å². The molecule has 0 radical (unpaired) electrons. The highest BCUT2D eigenvalue weighted by Gasteiger charge is 2.10. The Kier molecular flexibility index (Phi) is 6.03. The number of methoxy groups -OCH3 is 1. The zero-order chi connectivity index (χ0) is 16.5. The second-order valence-electron chi connectivity index (χ2n) is 5.08. The van der Waals surface area contributed by atoms with Crippen molar-refractivity contribution in [2.24, 2.45) is 0 Å². The van der Waals surface area contributed by atoms with Crippen LogP contribution in [-0.2, 0) is 0 Å². The molecule has 0 heterocycles. The van der Waals surface area contributed by atoms with Crippen LogP contribution < -0.4 is 9.47 Å². The average molecular weight is 306 g/mol. The Bertz CT molecular complexity index is 694. The van der Waals surface area contributed by atoms with Gasteiger partial charge in [-0.2, -0.15) is 10.5 Å². The van der Waals surface area contributed by atoms with Gasteiger partial charge in [-0.3, -0.25) is 0 Å². The van der Waals surface area contributed by atoms with Crippen molar-refractivity contribution < 1.29 is 9.47 Å².